The maximum Gasteiger partial charge on any atom is 0.0498 e. The molecule has 2 heterocycles. The molecule has 0 aliphatic carbocycles. The molecular weight excluding hydrogens is 300 g/mol. The quantitative estimate of drug-likeness (QED) is 0.738. The largest absolute Gasteiger partial charge is 0.347 e. The highest BCUT2D eigenvalue weighted by Gasteiger charge is 2.10. The molecule has 0 aliphatic rings. The number of benzene rings is 1. The number of thiophene rings is 1. The molecule has 0 saturated heterocycles. The third-order valence-electron chi connectivity index (χ3n) is 3.69. The molecule has 0 fully saturated rings. The highest BCUT2D eigenvalue weighted by molar-refractivity contribution is 7.07. The standard InChI is InChI=1S/C17H19ClN2S/c1-12(19)8-14-10-20(6-4-13-5-7-21-11-13)17-9-15(18)2-3-16(14)17/h2-3,5,7,9-12H,4,6,8,19H2,1H3. The minimum Gasteiger partial charge on any atom is -0.347 e. The Hall–Kier alpha value is -1.29. The summed E-state index contributed by atoms with van der Waals surface area (Å²) in [6.07, 6.45) is 4.16. The molecule has 0 aliphatic heterocycles. The lowest BCUT2D eigenvalue weighted by Gasteiger charge is -2.04. The van der Waals surface area contributed by atoms with Crippen LogP contribution < -0.4 is 5.73 Å². The van der Waals surface area contributed by atoms with Crippen LogP contribution in [0.3, 0.4) is 0 Å². The fourth-order valence-corrected chi connectivity index (χ4v) is 3.59. The summed E-state index contributed by atoms with van der Waals surface area (Å²) in [5, 5.41) is 6.38. The van der Waals surface area contributed by atoms with Crippen LogP contribution in [0.4, 0.5) is 0 Å². The van der Waals surface area contributed by atoms with Gasteiger partial charge in [-0.25, -0.2) is 0 Å². The first kappa shape index (κ1) is 14.6. The van der Waals surface area contributed by atoms with Crippen LogP contribution in [0.1, 0.15) is 18.1 Å². The van der Waals surface area contributed by atoms with Crippen molar-refractivity contribution in [3.63, 3.8) is 0 Å². The zero-order valence-corrected chi connectivity index (χ0v) is 13.6. The lowest BCUT2D eigenvalue weighted by molar-refractivity contribution is 0.707. The highest BCUT2D eigenvalue weighted by atomic mass is 35.5. The van der Waals surface area contributed by atoms with E-state index in [4.69, 9.17) is 17.3 Å². The predicted molar refractivity (Wildman–Crippen MR) is 92.3 cm³/mol. The molecule has 110 valence electrons. The van der Waals surface area contributed by atoms with Gasteiger partial charge in [0.05, 0.1) is 0 Å². The maximum absolute atomic E-state index is 6.17. The molecule has 21 heavy (non-hydrogen) atoms. The Bertz CT molecular complexity index is 729. The first-order chi connectivity index (χ1) is 10.1. The number of rotatable bonds is 5. The van der Waals surface area contributed by atoms with Crippen molar-refractivity contribution in [1.29, 1.82) is 0 Å². The lowest BCUT2D eigenvalue weighted by Crippen LogP contribution is -2.17. The molecule has 0 radical (unpaired) electrons. The third kappa shape index (κ3) is 3.31. The first-order valence-corrected chi connectivity index (χ1v) is 8.49. The third-order valence-corrected chi connectivity index (χ3v) is 4.66. The van der Waals surface area contributed by atoms with Crippen LogP contribution in [-0.4, -0.2) is 10.6 Å². The van der Waals surface area contributed by atoms with Gasteiger partial charge in [0.2, 0.25) is 0 Å². The van der Waals surface area contributed by atoms with Gasteiger partial charge in [-0.15, -0.1) is 0 Å². The Labute approximate surface area is 134 Å². The molecule has 2 nitrogen and oxygen atoms in total. The average molecular weight is 319 g/mol. The number of hydrogen-bond donors (Lipinski definition) is 1. The van der Waals surface area contributed by atoms with Crippen molar-refractivity contribution in [3.8, 4) is 0 Å². The van der Waals surface area contributed by atoms with Crippen LogP contribution in [0.15, 0.2) is 41.2 Å². The summed E-state index contributed by atoms with van der Waals surface area (Å²) in [6.45, 7) is 3.01. The summed E-state index contributed by atoms with van der Waals surface area (Å²) in [6, 6.07) is 8.46. The van der Waals surface area contributed by atoms with Crippen molar-refractivity contribution in [1.82, 2.24) is 4.57 Å². The Morgan fingerprint density at radius 3 is 2.90 bits per heavy atom. The summed E-state index contributed by atoms with van der Waals surface area (Å²) < 4.78 is 2.30. The number of fused-ring (bicyclic) bond motifs is 1. The number of nitrogens with zero attached hydrogens (tertiary/aromatic N) is 1. The van der Waals surface area contributed by atoms with Crippen LogP contribution in [0.2, 0.25) is 5.02 Å². The van der Waals surface area contributed by atoms with Gasteiger partial charge >= 0.3 is 0 Å². The van der Waals surface area contributed by atoms with Crippen LogP contribution in [0.25, 0.3) is 10.9 Å². The van der Waals surface area contributed by atoms with E-state index in [0.717, 1.165) is 24.4 Å². The maximum atomic E-state index is 6.17. The SMILES string of the molecule is CC(N)Cc1cn(CCc2ccsc2)c2cc(Cl)ccc12. The molecule has 1 unspecified atom stereocenters. The molecule has 1 atom stereocenters. The van der Waals surface area contributed by atoms with Gasteiger partial charge in [0.1, 0.15) is 0 Å². The van der Waals surface area contributed by atoms with Gasteiger partial charge in [-0.3, -0.25) is 0 Å². The highest BCUT2D eigenvalue weighted by Crippen LogP contribution is 2.26. The molecule has 0 spiro atoms. The second-order valence-corrected chi connectivity index (χ2v) is 6.79. The summed E-state index contributed by atoms with van der Waals surface area (Å²) in [4.78, 5) is 0. The van der Waals surface area contributed by atoms with E-state index in [-0.39, 0.29) is 6.04 Å². The van der Waals surface area contributed by atoms with Gasteiger partial charge in [0.15, 0.2) is 0 Å². The van der Waals surface area contributed by atoms with Crippen molar-refractivity contribution < 1.29 is 0 Å². The monoisotopic (exact) mass is 318 g/mol. The van der Waals surface area contributed by atoms with Crippen molar-refractivity contribution in [2.45, 2.75) is 32.4 Å². The van der Waals surface area contributed by atoms with E-state index in [1.54, 1.807) is 11.3 Å². The molecule has 4 heteroatoms. The van der Waals surface area contributed by atoms with Gasteiger partial charge in [-0.2, -0.15) is 11.3 Å². The number of aryl methyl sites for hydroxylation is 2. The van der Waals surface area contributed by atoms with E-state index in [2.05, 4.69) is 39.7 Å². The number of hydrogen-bond acceptors (Lipinski definition) is 2. The van der Waals surface area contributed by atoms with Crippen LogP contribution in [0.5, 0.6) is 0 Å². The zero-order valence-electron chi connectivity index (χ0n) is 12.1. The average Bonchev–Trinajstić information content (AvgIpc) is 3.04. The molecule has 2 aromatic heterocycles. The fourth-order valence-electron chi connectivity index (χ4n) is 2.72. The summed E-state index contributed by atoms with van der Waals surface area (Å²) in [5.41, 5.74) is 9.87. The molecule has 3 aromatic rings. The van der Waals surface area contributed by atoms with Crippen LogP contribution >= 0.6 is 22.9 Å². The lowest BCUT2D eigenvalue weighted by atomic mass is 10.1. The molecule has 0 amide bonds. The predicted octanol–water partition coefficient (Wildman–Crippen LogP) is 4.49. The first-order valence-electron chi connectivity index (χ1n) is 7.17. The second kappa shape index (κ2) is 6.22. The summed E-state index contributed by atoms with van der Waals surface area (Å²) in [7, 11) is 0. The molecule has 0 bridgehead atoms. The summed E-state index contributed by atoms with van der Waals surface area (Å²) >= 11 is 7.92. The number of halogens is 1. The van der Waals surface area contributed by atoms with Crippen molar-refractivity contribution >= 4 is 33.8 Å². The number of aromatic nitrogens is 1. The van der Waals surface area contributed by atoms with E-state index in [1.165, 1.54) is 22.0 Å². The van der Waals surface area contributed by atoms with E-state index < -0.39 is 0 Å². The molecule has 3 rings (SSSR count). The van der Waals surface area contributed by atoms with Gasteiger partial charge in [-0.1, -0.05) is 17.7 Å². The van der Waals surface area contributed by atoms with Gasteiger partial charge < -0.3 is 10.3 Å². The Kier molecular flexibility index (Phi) is 4.34. The molecule has 2 N–H and O–H groups in total. The van der Waals surface area contributed by atoms with Crippen LogP contribution in [0, 0.1) is 0 Å². The Balaban J connectivity index is 1.94. The fraction of sp³-hybridized carbons (Fsp3) is 0.294. The zero-order chi connectivity index (χ0) is 14.8. The molecule has 1 aromatic carbocycles. The molecule has 0 saturated carbocycles. The van der Waals surface area contributed by atoms with Gasteiger partial charge in [-0.05, 0) is 59.9 Å². The van der Waals surface area contributed by atoms with Crippen molar-refractivity contribution in [2.75, 3.05) is 0 Å². The smallest absolute Gasteiger partial charge is 0.0498 e. The van der Waals surface area contributed by atoms with Crippen molar-refractivity contribution in [3.05, 3.63) is 57.4 Å². The minimum absolute atomic E-state index is 0.164. The Morgan fingerprint density at radius 2 is 2.19 bits per heavy atom. The normalized spacial score (nSPS) is 12.9. The number of nitrogens with two attached hydrogens (primary N) is 1. The minimum atomic E-state index is 0.164. The van der Waals surface area contributed by atoms with E-state index in [9.17, 15) is 0 Å². The van der Waals surface area contributed by atoms with Crippen molar-refractivity contribution in [2.24, 2.45) is 5.73 Å². The van der Waals surface area contributed by atoms with Crippen LogP contribution in [-0.2, 0) is 19.4 Å². The topological polar surface area (TPSA) is 30.9 Å². The molecular formula is C17H19ClN2S. The van der Waals surface area contributed by atoms with E-state index in [1.807, 2.05) is 13.0 Å². The Morgan fingerprint density at radius 1 is 1.33 bits per heavy atom. The van der Waals surface area contributed by atoms with Gasteiger partial charge in [0, 0.05) is 34.7 Å². The second-order valence-electron chi connectivity index (χ2n) is 5.57. The van der Waals surface area contributed by atoms with Gasteiger partial charge in [0.25, 0.3) is 0 Å². The van der Waals surface area contributed by atoms with E-state index >= 15 is 0 Å². The summed E-state index contributed by atoms with van der Waals surface area (Å²) in [5.74, 6) is 0. The van der Waals surface area contributed by atoms with E-state index in [0.29, 0.717) is 0 Å².